The highest BCUT2D eigenvalue weighted by Gasteiger charge is 2.30. The van der Waals surface area contributed by atoms with Crippen molar-refractivity contribution in [2.24, 2.45) is 0 Å². The number of hydrogen-bond acceptors (Lipinski definition) is 7. The van der Waals surface area contributed by atoms with E-state index in [-0.39, 0.29) is 6.10 Å². The molecule has 1 aliphatic heterocycles. The molecule has 192 valence electrons. The molecule has 6 rings (SSSR count). The van der Waals surface area contributed by atoms with Crippen LogP contribution < -0.4 is 19.9 Å². The molecule has 5 aromatic rings. The van der Waals surface area contributed by atoms with Crippen molar-refractivity contribution >= 4 is 28.5 Å². The molecule has 2 aromatic heterocycles. The van der Waals surface area contributed by atoms with E-state index < -0.39 is 0 Å². The fourth-order valence-corrected chi connectivity index (χ4v) is 4.75. The van der Waals surface area contributed by atoms with Gasteiger partial charge in [0.15, 0.2) is 5.82 Å². The molecule has 8 nitrogen and oxygen atoms in total. The van der Waals surface area contributed by atoms with Crippen LogP contribution in [0.1, 0.15) is 24.3 Å². The van der Waals surface area contributed by atoms with Crippen molar-refractivity contribution in [3.8, 4) is 28.7 Å². The Morgan fingerprint density at radius 2 is 1.63 bits per heavy atom. The summed E-state index contributed by atoms with van der Waals surface area (Å²) in [6.45, 7) is 3.31. The van der Waals surface area contributed by atoms with Crippen molar-refractivity contribution < 1.29 is 18.9 Å². The highest BCUT2D eigenvalue weighted by molar-refractivity contribution is 6.30. The maximum Gasteiger partial charge on any atom is 0.151 e. The van der Waals surface area contributed by atoms with Gasteiger partial charge >= 0.3 is 0 Å². The van der Waals surface area contributed by atoms with E-state index in [9.17, 15) is 0 Å². The SMILES string of the molecule is CC1OCc2c1c1ncnc(N)c1n2-c1ccc(Oc2cccc(OCCOc3ccc(Cl)cc3)c2)cc1. The summed E-state index contributed by atoms with van der Waals surface area (Å²) in [4.78, 5) is 8.71. The molecular weight excluding hydrogens is 504 g/mol. The van der Waals surface area contributed by atoms with Gasteiger partial charge in [-0.25, -0.2) is 9.97 Å². The third kappa shape index (κ3) is 4.71. The highest BCUT2D eigenvalue weighted by atomic mass is 35.5. The Balaban J connectivity index is 1.14. The van der Waals surface area contributed by atoms with Crippen molar-refractivity contribution in [3.63, 3.8) is 0 Å². The van der Waals surface area contributed by atoms with Crippen LogP contribution in [-0.2, 0) is 11.3 Å². The first-order valence-electron chi connectivity index (χ1n) is 12.2. The quantitative estimate of drug-likeness (QED) is 0.230. The number of fused-ring (bicyclic) bond motifs is 3. The number of halogens is 1. The minimum Gasteiger partial charge on any atom is -0.490 e. The van der Waals surface area contributed by atoms with Crippen LogP contribution in [0.3, 0.4) is 0 Å². The first-order chi connectivity index (χ1) is 18.6. The molecule has 1 aliphatic rings. The van der Waals surface area contributed by atoms with Gasteiger partial charge in [0.05, 0.1) is 18.4 Å². The minimum absolute atomic E-state index is 0.0517. The normalized spacial score (nSPS) is 14.4. The van der Waals surface area contributed by atoms with Gasteiger partial charge in [-0.05, 0) is 67.6 Å². The summed E-state index contributed by atoms with van der Waals surface area (Å²) in [5.41, 5.74) is 10.9. The Bertz CT molecular complexity index is 1590. The number of nitrogen functional groups attached to an aromatic ring is 1. The first kappa shape index (κ1) is 24.1. The van der Waals surface area contributed by atoms with Gasteiger partial charge in [-0.3, -0.25) is 0 Å². The summed E-state index contributed by atoms with van der Waals surface area (Å²) in [6.07, 6.45) is 1.44. The molecule has 0 radical (unpaired) electrons. The Hall–Kier alpha value is -4.27. The van der Waals surface area contributed by atoms with Gasteiger partial charge in [0.2, 0.25) is 0 Å². The molecule has 3 heterocycles. The molecule has 3 aromatic carbocycles. The molecule has 2 N–H and O–H groups in total. The minimum atomic E-state index is -0.0517. The molecule has 0 saturated carbocycles. The van der Waals surface area contributed by atoms with Crippen LogP contribution in [0.2, 0.25) is 5.02 Å². The second kappa shape index (κ2) is 10.2. The average Bonchev–Trinajstić information content (AvgIpc) is 3.47. The standard InChI is InChI=1S/C29H25ClN4O4/c1-18-26-25(16-37-18)34(28-27(26)32-17-33-29(28)31)20-7-11-22(12-8-20)38-24-4-2-3-23(15-24)36-14-13-35-21-9-5-19(30)6-10-21/h2-12,15,17-18H,13-14,16H2,1H3,(H2,31,32,33). The number of hydrogen-bond donors (Lipinski definition) is 1. The van der Waals surface area contributed by atoms with E-state index >= 15 is 0 Å². The first-order valence-corrected chi connectivity index (χ1v) is 12.6. The monoisotopic (exact) mass is 528 g/mol. The summed E-state index contributed by atoms with van der Waals surface area (Å²) in [5, 5.41) is 0.672. The lowest BCUT2D eigenvalue weighted by Crippen LogP contribution is -2.08. The third-order valence-corrected chi connectivity index (χ3v) is 6.61. The van der Waals surface area contributed by atoms with Crippen LogP contribution in [-0.4, -0.2) is 27.7 Å². The zero-order valence-electron chi connectivity index (χ0n) is 20.6. The molecule has 38 heavy (non-hydrogen) atoms. The van der Waals surface area contributed by atoms with Gasteiger partial charge in [-0.1, -0.05) is 17.7 Å². The van der Waals surface area contributed by atoms with Crippen LogP contribution in [0.5, 0.6) is 23.0 Å². The molecule has 1 atom stereocenters. The maximum atomic E-state index is 6.26. The lowest BCUT2D eigenvalue weighted by atomic mass is 10.1. The summed E-state index contributed by atoms with van der Waals surface area (Å²) in [5.74, 6) is 3.23. The number of anilines is 1. The number of nitrogens with two attached hydrogens (primary N) is 1. The van der Waals surface area contributed by atoms with Gasteiger partial charge in [0.25, 0.3) is 0 Å². The molecular formula is C29H25ClN4O4. The molecule has 0 fully saturated rings. The number of ether oxygens (including phenoxy) is 4. The lowest BCUT2D eigenvalue weighted by Gasteiger charge is -2.12. The van der Waals surface area contributed by atoms with E-state index in [0.29, 0.717) is 47.9 Å². The fourth-order valence-electron chi connectivity index (χ4n) is 4.62. The molecule has 1 unspecified atom stereocenters. The van der Waals surface area contributed by atoms with Gasteiger partial charge in [-0.2, -0.15) is 0 Å². The molecule has 0 saturated heterocycles. The van der Waals surface area contributed by atoms with E-state index in [4.69, 9.17) is 36.3 Å². The number of aromatic nitrogens is 3. The summed E-state index contributed by atoms with van der Waals surface area (Å²) >= 11 is 5.90. The van der Waals surface area contributed by atoms with E-state index in [1.165, 1.54) is 6.33 Å². The van der Waals surface area contributed by atoms with Crippen molar-refractivity contribution in [2.75, 3.05) is 18.9 Å². The predicted molar refractivity (Wildman–Crippen MR) is 145 cm³/mol. The van der Waals surface area contributed by atoms with Gasteiger partial charge < -0.3 is 29.2 Å². The van der Waals surface area contributed by atoms with Crippen molar-refractivity contribution in [1.82, 2.24) is 14.5 Å². The number of nitrogens with zero attached hydrogens (tertiary/aromatic N) is 3. The van der Waals surface area contributed by atoms with Crippen LogP contribution in [0, 0.1) is 0 Å². The second-order valence-corrected chi connectivity index (χ2v) is 9.26. The van der Waals surface area contributed by atoms with Crippen LogP contribution in [0.4, 0.5) is 5.82 Å². The Labute approximate surface area is 224 Å². The van der Waals surface area contributed by atoms with Crippen LogP contribution >= 0.6 is 11.6 Å². The Morgan fingerprint density at radius 3 is 2.42 bits per heavy atom. The van der Waals surface area contributed by atoms with Gasteiger partial charge in [0.1, 0.15) is 53.6 Å². The molecule has 0 spiro atoms. The van der Waals surface area contributed by atoms with E-state index in [2.05, 4.69) is 14.5 Å². The van der Waals surface area contributed by atoms with Crippen molar-refractivity contribution in [2.45, 2.75) is 19.6 Å². The van der Waals surface area contributed by atoms with E-state index in [1.54, 1.807) is 12.1 Å². The second-order valence-electron chi connectivity index (χ2n) is 8.83. The maximum absolute atomic E-state index is 6.26. The third-order valence-electron chi connectivity index (χ3n) is 6.36. The number of rotatable bonds is 8. The largest absolute Gasteiger partial charge is 0.490 e. The highest BCUT2D eigenvalue weighted by Crippen LogP contribution is 2.41. The molecule has 0 aliphatic carbocycles. The van der Waals surface area contributed by atoms with Gasteiger partial charge in [0, 0.05) is 22.3 Å². The summed E-state index contributed by atoms with van der Waals surface area (Å²) < 4.78 is 25.6. The van der Waals surface area contributed by atoms with E-state index in [0.717, 1.165) is 33.7 Å². The predicted octanol–water partition coefficient (Wildman–Crippen LogP) is 6.50. The zero-order chi connectivity index (χ0) is 26.1. The average molecular weight is 529 g/mol. The topological polar surface area (TPSA) is 93.7 Å². The van der Waals surface area contributed by atoms with Crippen LogP contribution in [0.15, 0.2) is 79.1 Å². The smallest absolute Gasteiger partial charge is 0.151 e. The molecule has 0 amide bonds. The van der Waals surface area contributed by atoms with Gasteiger partial charge in [-0.15, -0.1) is 0 Å². The van der Waals surface area contributed by atoms with Crippen LogP contribution in [0.25, 0.3) is 16.7 Å². The van der Waals surface area contributed by atoms with Crippen molar-refractivity contribution in [1.29, 1.82) is 0 Å². The summed E-state index contributed by atoms with van der Waals surface area (Å²) in [7, 11) is 0. The van der Waals surface area contributed by atoms with E-state index in [1.807, 2.05) is 67.6 Å². The number of benzene rings is 3. The Morgan fingerprint density at radius 1 is 0.921 bits per heavy atom. The summed E-state index contributed by atoms with van der Waals surface area (Å²) in [6, 6.07) is 22.5. The fraction of sp³-hybridized carbons (Fsp3) is 0.172. The zero-order valence-corrected chi connectivity index (χ0v) is 21.4. The molecule has 0 bridgehead atoms. The molecule has 9 heteroatoms. The lowest BCUT2D eigenvalue weighted by molar-refractivity contribution is 0.0783. The Kier molecular flexibility index (Phi) is 6.49. The van der Waals surface area contributed by atoms with Crippen molar-refractivity contribution in [3.05, 3.63) is 95.4 Å².